The molecule has 7 nitrogen and oxygen atoms in total. The molecular formula is C25H44N6O. The van der Waals surface area contributed by atoms with Crippen LogP contribution in [0.15, 0.2) is 29.3 Å². The first-order valence-electron chi connectivity index (χ1n) is 12.5. The zero-order valence-corrected chi connectivity index (χ0v) is 20.6. The van der Waals surface area contributed by atoms with Gasteiger partial charge in [-0.05, 0) is 64.0 Å². The summed E-state index contributed by atoms with van der Waals surface area (Å²) in [6.07, 6.45) is 2.55. The molecule has 2 aliphatic rings. The molecule has 1 aromatic carbocycles. The number of hydrogen-bond acceptors (Lipinski definition) is 5. The number of ether oxygens (including phenoxy) is 1. The Balaban J connectivity index is 1.61. The monoisotopic (exact) mass is 444 g/mol. The summed E-state index contributed by atoms with van der Waals surface area (Å²) in [5, 5.41) is 7.08. The quantitative estimate of drug-likeness (QED) is 0.427. The van der Waals surface area contributed by atoms with Crippen LogP contribution in [0.2, 0.25) is 0 Å². The largest absolute Gasteiger partial charge is 0.497 e. The van der Waals surface area contributed by atoms with Crippen molar-refractivity contribution in [3.8, 4) is 5.75 Å². The minimum absolute atomic E-state index is 0.316. The van der Waals surface area contributed by atoms with Crippen LogP contribution >= 0.6 is 0 Å². The molecule has 0 saturated carbocycles. The number of benzene rings is 1. The van der Waals surface area contributed by atoms with Gasteiger partial charge in [-0.15, -0.1) is 0 Å². The second-order valence-corrected chi connectivity index (χ2v) is 8.96. The maximum Gasteiger partial charge on any atom is 0.191 e. The first-order valence-corrected chi connectivity index (χ1v) is 12.5. The summed E-state index contributed by atoms with van der Waals surface area (Å²) in [6, 6.07) is 9.28. The molecule has 3 rings (SSSR count). The molecule has 0 spiro atoms. The molecule has 0 aromatic heterocycles. The summed E-state index contributed by atoms with van der Waals surface area (Å²) in [7, 11) is 1.74. The Bertz CT molecular complexity index is 697. The lowest BCUT2D eigenvalue weighted by molar-refractivity contribution is 0.109. The molecule has 0 radical (unpaired) electrons. The maximum atomic E-state index is 5.49. The van der Waals surface area contributed by atoms with E-state index in [4.69, 9.17) is 9.73 Å². The van der Waals surface area contributed by atoms with Gasteiger partial charge in [-0.3, -0.25) is 14.8 Å². The van der Waals surface area contributed by atoms with Crippen LogP contribution in [0.5, 0.6) is 5.75 Å². The predicted molar refractivity (Wildman–Crippen MR) is 134 cm³/mol. The van der Waals surface area contributed by atoms with Crippen molar-refractivity contribution < 1.29 is 4.74 Å². The second kappa shape index (κ2) is 13.0. The number of nitrogens with zero attached hydrogens (tertiary/aromatic N) is 4. The highest BCUT2D eigenvalue weighted by molar-refractivity contribution is 5.79. The van der Waals surface area contributed by atoms with Crippen molar-refractivity contribution in [3.63, 3.8) is 0 Å². The van der Waals surface area contributed by atoms with Gasteiger partial charge in [0.1, 0.15) is 5.75 Å². The van der Waals surface area contributed by atoms with Crippen molar-refractivity contribution in [2.45, 2.75) is 45.7 Å². The Hall–Kier alpha value is -1.83. The number of aliphatic imine (C=N–C) groups is 1. The van der Waals surface area contributed by atoms with Gasteiger partial charge in [0.05, 0.1) is 19.7 Å². The molecule has 0 amide bonds. The van der Waals surface area contributed by atoms with Crippen molar-refractivity contribution >= 4 is 5.96 Å². The first kappa shape index (κ1) is 24.8. The first-order chi connectivity index (χ1) is 15.6. The van der Waals surface area contributed by atoms with Crippen LogP contribution < -0.4 is 15.4 Å². The Morgan fingerprint density at radius 2 is 1.78 bits per heavy atom. The fraction of sp³-hybridized carbons (Fsp3) is 0.720. The Kier molecular flexibility index (Phi) is 10.1. The van der Waals surface area contributed by atoms with E-state index < -0.39 is 0 Å². The van der Waals surface area contributed by atoms with Gasteiger partial charge in [-0.25, -0.2) is 0 Å². The fourth-order valence-electron chi connectivity index (χ4n) is 4.75. The average Bonchev–Trinajstić information content (AvgIpc) is 3.37. The van der Waals surface area contributed by atoms with Crippen molar-refractivity contribution in [2.75, 3.05) is 72.6 Å². The van der Waals surface area contributed by atoms with E-state index in [2.05, 4.69) is 64.3 Å². The molecule has 0 aliphatic carbocycles. The SMILES string of the molecule is CCNC(=NCC(C)N1CCN(CC)CC1)NCC(c1cccc(OC)c1)N1CCCC1. The summed E-state index contributed by atoms with van der Waals surface area (Å²) >= 11 is 0. The van der Waals surface area contributed by atoms with Crippen LogP contribution in [0.4, 0.5) is 0 Å². The molecule has 7 heteroatoms. The number of rotatable bonds is 10. The summed E-state index contributed by atoms with van der Waals surface area (Å²) in [4.78, 5) is 12.6. The normalized spacial score (nSPS) is 20.8. The van der Waals surface area contributed by atoms with Crippen molar-refractivity contribution in [3.05, 3.63) is 29.8 Å². The molecule has 2 N–H and O–H groups in total. The van der Waals surface area contributed by atoms with E-state index in [0.29, 0.717) is 12.1 Å². The number of hydrogen-bond donors (Lipinski definition) is 2. The van der Waals surface area contributed by atoms with E-state index in [9.17, 15) is 0 Å². The number of likely N-dealkylation sites (N-methyl/N-ethyl adjacent to an activating group) is 1. The zero-order valence-electron chi connectivity index (χ0n) is 20.6. The smallest absolute Gasteiger partial charge is 0.191 e. The highest BCUT2D eigenvalue weighted by Crippen LogP contribution is 2.27. The van der Waals surface area contributed by atoms with Crippen molar-refractivity contribution in [1.82, 2.24) is 25.3 Å². The van der Waals surface area contributed by atoms with Gasteiger partial charge in [0, 0.05) is 45.3 Å². The predicted octanol–water partition coefficient (Wildman–Crippen LogP) is 2.41. The lowest BCUT2D eigenvalue weighted by atomic mass is 10.1. The van der Waals surface area contributed by atoms with E-state index in [1.165, 1.54) is 31.5 Å². The van der Waals surface area contributed by atoms with E-state index in [1.54, 1.807) is 7.11 Å². The highest BCUT2D eigenvalue weighted by atomic mass is 16.5. The molecule has 2 unspecified atom stereocenters. The molecular weight excluding hydrogens is 400 g/mol. The molecule has 2 aliphatic heterocycles. The van der Waals surface area contributed by atoms with Crippen LogP contribution in [0.25, 0.3) is 0 Å². The molecule has 1 aromatic rings. The molecule has 0 bridgehead atoms. The second-order valence-electron chi connectivity index (χ2n) is 8.96. The van der Waals surface area contributed by atoms with Gasteiger partial charge >= 0.3 is 0 Å². The molecule has 2 saturated heterocycles. The summed E-state index contributed by atoms with van der Waals surface area (Å²) < 4.78 is 5.49. The van der Waals surface area contributed by atoms with Gasteiger partial charge in [-0.2, -0.15) is 0 Å². The third-order valence-electron chi connectivity index (χ3n) is 6.86. The van der Waals surface area contributed by atoms with Gasteiger partial charge in [-0.1, -0.05) is 19.1 Å². The van der Waals surface area contributed by atoms with Gasteiger partial charge in [0.25, 0.3) is 0 Å². The van der Waals surface area contributed by atoms with Crippen LogP contribution in [-0.2, 0) is 0 Å². The number of methoxy groups -OCH3 is 1. The van der Waals surface area contributed by atoms with Gasteiger partial charge in [0.2, 0.25) is 0 Å². The molecule has 2 fully saturated rings. The topological polar surface area (TPSA) is 55.4 Å². The van der Waals surface area contributed by atoms with Gasteiger partial charge in [0.15, 0.2) is 5.96 Å². The number of likely N-dealkylation sites (tertiary alicyclic amines) is 1. The van der Waals surface area contributed by atoms with E-state index in [0.717, 1.165) is 64.1 Å². The molecule has 2 heterocycles. The summed E-state index contributed by atoms with van der Waals surface area (Å²) in [5.74, 6) is 1.84. The Morgan fingerprint density at radius 1 is 1.03 bits per heavy atom. The zero-order chi connectivity index (χ0) is 22.8. The average molecular weight is 445 g/mol. The molecule has 2 atom stereocenters. The van der Waals surface area contributed by atoms with Crippen LogP contribution in [0.1, 0.15) is 45.2 Å². The van der Waals surface area contributed by atoms with E-state index in [-0.39, 0.29) is 0 Å². The van der Waals surface area contributed by atoms with Crippen LogP contribution in [-0.4, -0.2) is 99.3 Å². The Labute approximate surface area is 195 Å². The minimum atomic E-state index is 0.316. The number of nitrogens with one attached hydrogen (secondary N) is 2. The molecule has 32 heavy (non-hydrogen) atoms. The lowest BCUT2D eigenvalue weighted by Crippen LogP contribution is -2.50. The molecule has 180 valence electrons. The maximum absolute atomic E-state index is 5.49. The summed E-state index contributed by atoms with van der Waals surface area (Å²) in [5.41, 5.74) is 1.30. The fourth-order valence-corrected chi connectivity index (χ4v) is 4.75. The highest BCUT2D eigenvalue weighted by Gasteiger charge is 2.24. The van der Waals surface area contributed by atoms with E-state index in [1.807, 2.05) is 6.07 Å². The van der Waals surface area contributed by atoms with Crippen LogP contribution in [0.3, 0.4) is 0 Å². The third-order valence-corrected chi connectivity index (χ3v) is 6.86. The minimum Gasteiger partial charge on any atom is -0.497 e. The third kappa shape index (κ3) is 7.09. The van der Waals surface area contributed by atoms with Crippen molar-refractivity contribution in [1.29, 1.82) is 0 Å². The number of piperazine rings is 1. The standard InChI is InChI=1S/C25H44N6O/c1-5-26-25(27-19-21(3)30-16-14-29(6-2)15-17-30)28-20-24(31-12-7-8-13-31)22-10-9-11-23(18-22)32-4/h9-11,18,21,24H,5-8,12-17,19-20H2,1-4H3,(H2,26,27,28). The van der Waals surface area contributed by atoms with Gasteiger partial charge < -0.3 is 20.3 Å². The van der Waals surface area contributed by atoms with Crippen molar-refractivity contribution in [2.24, 2.45) is 4.99 Å². The van der Waals surface area contributed by atoms with Crippen LogP contribution in [0, 0.1) is 0 Å². The van der Waals surface area contributed by atoms with E-state index >= 15 is 0 Å². The summed E-state index contributed by atoms with van der Waals surface area (Å²) in [6.45, 7) is 17.3. The number of guanidine groups is 1. The lowest BCUT2D eigenvalue weighted by Gasteiger charge is -2.37. The Morgan fingerprint density at radius 3 is 2.44 bits per heavy atom.